The first-order valence-corrected chi connectivity index (χ1v) is 7.19. The first-order chi connectivity index (χ1) is 9.51. The van der Waals surface area contributed by atoms with E-state index in [0.717, 1.165) is 25.1 Å². The summed E-state index contributed by atoms with van der Waals surface area (Å²) in [6.45, 7) is 6.58. The predicted octanol–water partition coefficient (Wildman–Crippen LogP) is 0.616. The number of nitrogens with zero attached hydrogens (tertiary/aromatic N) is 3. The second-order valence-electron chi connectivity index (χ2n) is 5.70. The van der Waals surface area contributed by atoms with Gasteiger partial charge in [0, 0.05) is 44.1 Å². The van der Waals surface area contributed by atoms with Gasteiger partial charge in [0.2, 0.25) is 5.95 Å². The van der Waals surface area contributed by atoms with Crippen LogP contribution in [0.4, 0.5) is 5.95 Å². The van der Waals surface area contributed by atoms with E-state index in [1.54, 1.807) is 6.92 Å². The van der Waals surface area contributed by atoms with Crippen LogP contribution in [0.1, 0.15) is 32.3 Å². The van der Waals surface area contributed by atoms with Gasteiger partial charge in [-0.05, 0) is 19.8 Å². The summed E-state index contributed by atoms with van der Waals surface area (Å²) in [5, 5.41) is 23.0. The number of aliphatic hydroxyl groups is 2. The van der Waals surface area contributed by atoms with Crippen LogP contribution in [0.25, 0.3) is 0 Å². The number of piperidine rings is 1. The highest BCUT2D eigenvalue weighted by Crippen LogP contribution is 2.22. The number of hydrogen-bond donors (Lipinski definition) is 3. The zero-order chi connectivity index (χ0) is 14.6. The molecule has 1 aliphatic rings. The van der Waals surface area contributed by atoms with Gasteiger partial charge in [0.05, 0.1) is 11.7 Å². The fourth-order valence-corrected chi connectivity index (χ4v) is 2.25. The Kier molecular flexibility index (Phi) is 4.91. The standard InChI is InChI=1S/C14H24N4O2/c1-3-5-15-13-16-7-11(8-17-13)9-18-6-4-14(2,20)12(19)10-18/h7-8,12,19-20H,3-6,9-10H2,1-2H3,(H,15,16,17)/t12-,14-/m1/s1. The summed E-state index contributed by atoms with van der Waals surface area (Å²) in [6, 6.07) is 0. The number of nitrogens with one attached hydrogen (secondary N) is 1. The number of aliphatic hydroxyl groups excluding tert-OH is 1. The molecule has 0 radical (unpaired) electrons. The van der Waals surface area contributed by atoms with Crippen molar-refractivity contribution in [1.82, 2.24) is 14.9 Å². The van der Waals surface area contributed by atoms with Crippen LogP contribution in [0.15, 0.2) is 12.4 Å². The normalized spacial score (nSPS) is 27.5. The van der Waals surface area contributed by atoms with Crippen molar-refractivity contribution >= 4 is 5.95 Å². The lowest BCUT2D eigenvalue weighted by Gasteiger charge is -2.39. The van der Waals surface area contributed by atoms with Crippen molar-refractivity contribution in [2.24, 2.45) is 0 Å². The average molecular weight is 280 g/mol. The van der Waals surface area contributed by atoms with Gasteiger partial charge < -0.3 is 15.5 Å². The van der Waals surface area contributed by atoms with Crippen molar-refractivity contribution in [3.05, 3.63) is 18.0 Å². The Morgan fingerprint density at radius 1 is 1.45 bits per heavy atom. The van der Waals surface area contributed by atoms with Crippen LogP contribution in [0.5, 0.6) is 0 Å². The minimum Gasteiger partial charge on any atom is -0.389 e. The maximum Gasteiger partial charge on any atom is 0.222 e. The molecule has 2 rings (SSSR count). The highest BCUT2D eigenvalue weighted by molar-refractivity contribution is 5.24. The van der Waals surface area contributed by atoms with Crippen molar-refractivity contribution in [1.29, 1.82) is 0 Å². The molecular weight excluding hydrogens is 256 g/mol. The molecule has 1 aliphatic heterocycles. The lowest BCUT2D eigenvalue weighted by Crippen LogP contribution is -2.53. The van der Waals surface area contributed by atoms with E-state index in [0.29, 0.717) is 25.5 Å². The van der Waals surface area contributed by atoms with Crippen LogP contribution in [0, 0.1) is 0 Å². The fraction of sp³-hybridized carbons (Fsp3) is 0.714. The Morgan fingerprint density at radius 3 is 2.75 bits per heavy atom. The Bertz CT molecular complexity index is 422. The van der Waals surface area contributed by atoms with Crippen molar-refractivity contribution in [2.45, 2.75) is 44.9 Å². The minimum atomic E-state index is -0.971. The average Bonchev–Trinajstić information content (AvgIpc) is 2.43. The van der Waals surface area contributed by atoms with Crippen LogP contribution in [-0.2, 0) is 6.54 Å². The molecule has 0 spiro atoms. The van der Waals surface area contributed by atoms with E-state index < -0.39 is 11.7 Å². The van der Waals surface area contributed by atoms with Gasteiger partial charge in [0.25, 0.3) is 0 Å². The molecule has 1 aromatic rings. The third-order valence-electron chi connectivity index (χ3n) is 3.73. The quantitative estimate of drug-likeness (QED) is 0.733. The van der Waals surface area contributed by atoms with E-state index in [4.69, 9.17) is 0 Å². The second-order valence-corrected chi connectivity index (χ2v) is 5.70. The van der Waals surface area contributed by atoms with Crippen molar-refractivity contribution < 1.29 is 10.2 Å². The third-order valence-corrected chi connectivity index (χ3v) is 3.73. The van der Waals surface area contributed by atoms with Gasteiger partial charge in [-0.3, -0.25) is 4.90 Å². The minimum absolute atomic E-state index is 0.475. The highest BCUT2D eigenvalue weighted by atomic mass is 16.3. The molecule has 0 aliphatic carbocycles. The monoisotopic (exact) mass is 280 g/mol. The maximum atomic E-state index is 9.94. The van der Waals surface area contributed by atoms with Gasteiger partial charge in [-0.15, -0.1) is 0 Å². The number of likely N-dealkylation sites (tertiary alicyclic amines) is 1. The van der Waals surface area contributed by atoms with Gasteiger partial charge in [-0.2, -0.15) is 0 Å². The molecule has 0 bridgehead atoms. The molecule has 0 saturated carbocycles. The number of anilines is 1. The summed E-state index contributed by atoms with van der Waals surface area (Å²) in [4.78, 5) is 10.6. The number of aromatic nitrogens is 2. The number of rotatable bonds is 5. The molecule has 1 aromatic heterocycles. The zero-order valence-electron chi connectivity index (χ0n) is 12.2. The summed E-state index contributed by atoms with van der Waals surface area (Å²) in [7, 11) is 0. The van der Waals surface area contributed by atoms with Crippen LogP contribution < -0.4 is 5.32 Å². The molecular formula is C14H24N4O2. The first kappa shape index (κ1) is 15.2. The molecule has 2 heterocycles. The molecule has 1 fully saturated rings. The largest absolute Gasteiger partial charge is 0.389 e. The van der Waals surface area contributed by atoms with Gasteiger partial charge in [-0.25, -0.2) is 9.97 Å². The molecule has 0 unspecified atom stereocenters. The van der Waals surface area contributed by atoms with Crippen LogP contribution >= 0.6 is 0 Å². The molecule has 6 nitrogen and oxygen atoms in total. The molecule has 0 amide bonds. The van der Waals surface area contributed by atoms with Gasteiger partial charge >= 0.3 is 0 Å². The Hall–Kier alpha value is -1.24. The first-order valence-electron chi connectivity index (χ1n) is 7.19. The van der Waals surface area contributed by atoms with E-state index in [1.807, 2.05) is 12.4 Å². The summed E-state index contributed by atoms with van der Waals surface area (Å²) in [5.41, 5.74) is 0.0433. The van der Waals surface area contributed by atoms with Crippen molar-refractivity contribution in [3.63, 3.8) is 0 Å². The van der Waals surface area contributed by atoms with E-state index in [-0.39, 0.29) is 0 Å². The van der Waals surface area contributed by atoms with E-state index in [9.17, 15) is 10.2 Å². The summed E-state index contributed by atoms with van der Waals surface area (Å²) < 4.78 is 0. The van der Waals surface area contributed by atoms with E-state index in [2.05, 4.69) is 27.1 Å². The summed E-state index contributed by atoms with van der Waals surface area (Å²) in [6.07, 6.45) is 4.53. The van der Waals surface area contributed by atoms with Crippen LogP contribution in [0.2, 0.25) is 0 Å². The lowest BCUT2D eigenvalue weighted by molar-refractivity contribution is -0.108. The zero-order valence-corrected chi connectivity index (χ0v) is 12.2. The van der Waals surface area contributed by atoms with Crippen molar-refractivity contribution in [3.8, 4) is 0 Å². The van der Waals surface area contributed by atoms with Crippen LogP contribution in [-0.4, -0.2) is 56.4 Å². The third kappa shape index (κ3) is 3.88. The summed E-state index contributed by atoms with van der Waals surface area (Å²) in [5.74, 6) is 0.650. The summed E-state index contributed by atoms with van der Waals surface area (Å²) >= 11 is 0. The van der Waals surface area contributed by atoms with E-state index in [1.165, 1.54) is 0 Å². The fourth-order valence-electron chi connectivity index (χ4n) is 2.25. The number of β-amino-alcohol motifs (C(OH)–C–C–N with tert-alkyl or cyclic N) is 1. The van der Waals surface area contributed by atoms with Gasteiger partial charge in [-0.1, -0.05) is 6.92 Å². The predicted molar refractivity (Wildman–Crippen MR) is 77.3 cm³/mol. The Morgan fingerprint density at radius 2 is 2.15 bits per heavy atom. The van der Waals surface area contributed by atoms with Crippen molar-refractivity contribution in [2.75, 3.05) is 25.0 Å². The maximum absolute atomic E-state index is 9.94. The molecule has 1 saturated heterocycles. The smallest absolute Gasteiger partial charge is 0.222 e. The highest BCUT2D eigenvalue weighted by Gasteiger charge is 2.36. The van der Waals surface area contributed by atoms with Gasteiger partial charge in [0.15, 0.2) is 0 Å². The van der Waals surface area contributed by atoms with Gasteiger partial charge in [0.1, 0.15) is 0 Å². The molecule has 6 heteroatoms. The Balaban J connectivity index is 1.87. The lowest BCUT2D eigenvalue weighted by atomic mass is 9.90. The topological polar surface area (TPSA) is 81.5 Å². The molecule has 3 N–H and O–H groups in total. The molecule has 2 atom stereocenters. The SMILES string of the molecule is CCCNc1ncc(CN2CC[C@@](C)(O)[C@H](O)C2)cn1. The molecule has 20 heavy (non-hydrogen) atoms. The Labute approximate surface area is 119 Å². The molecule has 112 valence electrons. The number of hydrogen-bond acceptors (Lipinski definition) is 6. The van der Waals surface area contributed by atoms with E-state index >= 15 is 0 Å². The van der Waals surface area contributed by atoms with Crippen LogP contribution in [0.3, 0.4) is 0 Å². The molecule has 0 aromatic carbocycles. The second kappa shape index (κ2) is 6.47.